The third-order valence-corrected chi connectivity index (χ3v) is 6.97. The molecular formula is C27H25N3OS. The zero-order valence-corrected chi connectivity index (χ0v) is 18.6. The summed E-state index contributed by atoms with van der Waals surface area (Å²) in [6.07, 6.45) is 4.08. The minimum Gasteiger partial charge on any atom is -0.357 e. The number of aromatic nitrogens is 1. The zero-order valence-electron chi connectivity index (χ0n) is 17.8. The van der Waals surface area contributed by atoms with Gasteiger partial charge in [0.1, 0.15) is 5.82 Å². The van der Waals surface area contributed by atoms with Crippen molar-refractivity contribution in [1.29, 1.82) is 0 Å². The van der Waals surface area contributed by atoms with Crippen LogP contribution < -0.4 is 10.2 Å². The largest absolute Gasteiger partial charge is 0.357 e. The van der Waals surface area contributed by atoms with E-state index >= 15 is 0 Å². The summed E-state index contributed by atoms with van der Waals surface area (Å²) in [5, 5.41) is 5.07. The Morgan fingerprint density at radius 3 is 2.38 bits per heavy atom. The predicted octanol–water partition coefficient (Wildman–Crippen LogP) is 6.45. The van der Waals surface area contributed by atoms with Gasteiger partial charge in [0.05, 0.1) is 4.88 Å². The van der Waals surface area contributed by atoms with Gasteiger partial charge in [0.15, 0.2) is 0 Å². The lowest BCUT2D eigenvalue weighted by atomic mass is 9.89. The van der Waals surface area contributed by atoms with Gasteiger partial charge in [-0.1, -0.05) is 48.5 Å². The summed E-state index contributed by atoms with van der Waals surface area (Å²) in [4.78, 5) is 20.2. The molecule has 1 amide bonds. The van der Waals surface area contributed by atoms with E-state index in [1.54, 1.807) is 0 Å². The number of thiophene rings is 1. The molecule has 0 atom stereocenters. The number of carbonyl (C=O) groups is 1. The van der Waals surface area contributed by atoms with E-state index in [0.717, 1.165) is 53.4 Å². The number of nitrogens with zero attached hydrogens (tertiary/aromatic N) is 2. The summed E-state index contributed by atoms with van der Waals surface area (Å²) in [5.41, 5.74) is 4.37. The molecule has 1 fully saturated rings. The molecule has 2 aromatic heterocycles. The summed E-state index contributed by atoms with van der Waals surface area (Å²) in [7, 11) is 0. The highest BCUT2D eigenvalue weighted by molar-refractivity contribution is 7.12. The Hall–Kier alpha value is -3.44. The first-order chi connectivity index (χ1) is 15.8. The van der Waals surface area contributed by atoms with Crippen LogP contribution in [-0.2, 0) is 0 Å². The molecule has 0 unspecified atom stereocenters. The number of hydrogen-bond donors (Lipinski definition) is 1. The smallest absolute Gasteiger partial charge is 0.265 e. The number of rotatable bonds is 5. The lowest BCUT2D eigenvalue weighted by molar-refractivity contribution is 0.103. The molecule has 1 aliphatic heterocycles. The summed E-state index contributed by atoms with van der Waals surface area (Å²) in [6, 6.07) is 26.5. The van der Waals surface area contributed by atoms with E-state index in [1.807, 2.05) is 60.1 Å². The standard InChI is InChI=1S/C27H25N3OS/c31-27(25-18-23(19-32-25)20-6-2-1-3-7-20)29-24-11-9-21(10-12-24)22-13-16-30(17-14-22)26-8-4-5-15-28-26/h1-12,15,18-19,22H,13-14,16-17H2,(H,29,31). The number of pyridine rings is 1. The quantitative estimate of drug-likeness (QED) is 0.389. The molecule has 160 valence electrons. The van der Waals surface area contributed by atoms with Crippen molar-refractivity contribution < 1.29 is 4.79 Å². The maximum Gasteiger partial charge on any atom is 0.265 e. The van der Waals surface area contributed by atoms with Crippen LogP contribution in [0.25, 0.3) is 11.1 Å². The first-order valence-electron chi connectivity index (χ1n) is 11.0. The van der Waals surface area contributed by atoms with Gasteiger partial charge >= 0.3 is 0 Å². The third kappa shape index (κ3) is 4.58. The van der Waals surface area contributed by atoms with Gasteiger partial charge in [-0.2, -0.15) is 0 Å². The number of hydrogen-bond acceptors (Lipinski definition) is 4. The zero-order chi connectivity index (χ0) is 21.8. The van der Waals surface area contributed by atoms with Crippen molar-refractivity contribution >= 4 is 28.7 Å². The van der Waals surface area contributed by atoms with E-state index in [0.29, 0.717) is 5.92 Å². The number of anilines is 2. The van der Waals surface area contributed by atoms with Gasteiger partial charge in [0.25, 0.3) is 5.91 Å². The molecule has 1 aliphatic rings. The highest BCUT2D eigenvalue weighted by atomic mass is 32.1. The molecule has 4 aromatic rings. The van der Waals surface area contributed by atoms with E-state index in [1.165, 1.54) is 16.9 Å². The predicted molar refractivity (Wildman–Crippen MR) is 133 cm³/mol. The Kier molecular flexibility index (Phi) is 5.99. The molecule has 5 heteroatoms. The fourth-order valence-corrected chi connectivity index (χ4v) is 5.06. The molecule has 5 rings (SSSR count). The molecule has 0 bridgehead atoms. The van der Waals surface area contributed by atoms with Gasteiger partial charge < -0.3 is 10.2 Å². The summed E-state index contributed by atoms with van der Waals surface area (Å²) >= 11 is 1.47. The van der Waals surface area contributed by atoms with Crippen LogP contribution in [-0.4, -0.2) is 24.0 Å². The Bertz CT molecular complexity index is 1160. The van der Waals surface area contributed by atoms with E-state index in [2.05, 4.69) is 45.5 Å². The van der Waals surface area contributed by atoms with Crippen LogP contribution >= 0.6 is 11.3 Å². The second-order valence-corrected chi connectivity index (χ2v) is 9.00. The fourth-order valence-electron chi connectivity index (χ4n) is 4.25. The minimum absolute atomic E-state index is 0.0615. The summed E-state index contributed by atoms with van der Waals surface area (Å²) in [5.74, 6) is 1.55. The number of amides is 1. The van der Waals surface area contributed by atoms with Crippen LogP contribution in [0.3, 0.4) is 0 Å². The topological polar surface area (TPSA) is 45.2 Å². The van der Waals surface area contributed by atoms with Gasteiger partial charge in [-0.05, 0) is 71.2 Å². The van der Waals surface area contributed by atoms with Crippen molar-refractivity contribution in [3.8, 4) is 11.1 Å². The van der Waals surface area contributed by atoms with Gasteiger partial charge in [0.2, 0.25) is 0 Å². The minimum atomic E-state index is -0.0615. The van der Waals surface area contributed by atoms with Gasteiger partial charge in [-0.15, -0.1) is 11.3 Å². The van der Waals surface area contributed by atoms with Gasteiger partial charge in [0, 0.05) is 25.0 Å². The molecule has 3 heterocycles. The first-order valence-corrected chi connectivity index (χ1v) is 11.9. The van der Waals surface area contributed by atoms with Crippen molar-refractivity contribution in [1.82, 2.24) is 4.98 Å². The molecule has 0 saturated carbocycles. The van der Waals surface area contributed by atoms with Crippen LogP contribution in [0.15, 0.2) is 90.4 Å². The van der Waals surface area contributed by atoms with Crippen LogP contribution in [0.2, 0.25) is 0 Å². The fraction of sp³-hybridized carbons (Fsp3) is 0.185. The maximum atomic E-state index is 12.7. The molecule has 4 nitrogen and oxygen atoms in total. The highest BCUT2D eigenvalue weighted by Crippen LogP contribution is 2.31. The average Bonchev–Trinajstić information content (AvgIpc) is 3.37. The van der Waals surface area contributed by atoms with E-state index < -0.39 is 0 Å². The molecule has 0 aliphatic carbocycles. The molecule has 1 saturated heterocycles. The van der Waals surface area contributed by atoms with Crippen molar-refractivity contribution in [3.05, 3.63) is 101 Å². The van der Waals surface area contributed by atoms with Crippen LogP contribution in [0.1, 0.15) is 34.0 Å². The van der Waals surface area contributed by atoms with Crippen molar-refractivity contribution in [2.45, 2.75) is 18.8 Å². The Morgan fingerprint density at radius 2 is 1.66 bits per heavy atom. The lowest BCUT2D eigenvalue weighted by Gasteiger charge is -2.33. The first kappa shape index (κ1) is 20.5. The van der Waals surface area contributed by atoms with Crippen LogP contribution in [0.5, 0.6) is 0 Å². The van der Waals surface area contributed by atoms with E-state index in [-0.39, 0.29) is 5.91 Å². The molecule has 0 radical (unpaired) electrons. The Balaban J connectivity index is 1.18. The number of nitrogens with one attached hydrogen (secondary N) is 1. The number of piperidine rings is 1. The number of carbonyl (C=O) groups excluding carboxylic acids is 1. The molecular weight excluding hydrogens is 414 g/mol. The summed E-state index contributed by atoms with van der Waals surface area (Å²) < 4.78 is 0. The monoisotopic (exact) mass is 439 g/mol. The average molecular weight is 440 g/mol. The SMILES string of the molecule is O=C(Nc1ccc(C2CCN(c3ccccn3)CC2)cc1)c1cc(-c2ccccc2)cs1. The van der Waals surface area contributed by atoms with Gasteiger partial charge in [-0.3, -0.25) is 4.79 Å². The van der Waals surface area contributed by atoms with E-state index in [9.17, 15) is 4.79 Å². The van der Waals surface area contributed by atoms with Crippen LogP contribution in [0, 0.1) is 0 Å². The second-order valence-electron chi connectivity index (χ2n) is 8.09. The molecule has 1 N–H and O–H groups in total. The van der Waals surface area contributed by atoms with Crippen molar-refractivity contribution in [2.24, 2.45) is 0 Å². The third-order valence-electron chi connectivity index (χ3n) is 6.04. The molecule has 32 heavy (non-hydrogen) atoms. The van der Waals surface area contributed by atoms with E-state index in [4.69, 9.17) is 0 Å². The lowest BCUT2D eigenvalue weighted by Crippen LogP contribution is -2.33. The Morgan fingerprint density at radius 1 is 0.906 bits per heavy atom. The Labute approximate surface area is 192 Å². The maximum absolute atomic E-state index is 12.7. The molecule has 2 aromatic carbocycles. The van der Waals surface area contributed by atoms with Crippen molar-refractivity contribution in [2.75, 3.05) is 23.3 Å². The van der Waals surface area contributed by atoms with Crippen LogP contribution in [0.4, 0.5) is 11.5 Å². The summed E-state index contributed by atoms with van der Waals surface area (Å²) in [6.45, 7) is 2.03. The second kappa shape index (κ2) is 9.37. The van der Waals surface area contributed by atoms with Gasteiger partial charge in [-0.25, -0.2) is 4.98 Å². The highest BCUT2D eigenvalue weighted by Gasteiger charge is 2.21. The van der Waals surface area contributed by atoms with Crippen molar-refractivity contribution in [3.63, 3.8) is 0 Å². The molecule has 0 spiro atoms. The number of benzene rings is 2. The normalized spacial score (nSPS) is 14.3.